The van der Waals surface area contributed by atoms with Gasteiger partial charge in [-0.3, -0.25) is 0 Å². The lowest BCUT2D eigenvalue weighted by Gasteiger charge is -2.16. The molecular formula is C25H18ClF2NO3. The molecule has 4 nitrogen and oxygen atoms in total. The standard InChI is InChI=1S/C25H18ClF2NO3/c1-15-2-10-23(29(15)19-8-9-22(26)20(13-19)25(30)31)21-12-18(28)7-11-24(21)32-14-16-3-5-17(27)6-4-16/h2-13H,14H2,1H3,(H,30,31). The van der Waals surface area contributed by atoms with Crippen LogP contribution in [0.5, 0.6) is 5.75 Å². The second kappa shape index (κ2) is 8.85. The lowest BCUT2D eigenvalue weighted by Crippen LogP contribution is -2.04. The van der Waals surface area contributed by atoms with E-state index in [0.29, 0.717) is 22.7 Å². The first-order chi connectivity index (χ1) is 15.3. The first-order valence-corrected chi connectivity index (χ1v) is 10.1. The highest BCUT2D eigenvalue weighted by atomic mass is 35.5. The molecule has 0 aliphatic carbocycles. The summed E-state index contributed by atoms with van der Waals surface area (Å²) >= 11 is 6.02. The number of carboxylic acids is 1. The van der Waals surface area contributed by atoms with Crippen molar-refractivity contribution in [2.75, 3.05) is 0 Å². The van der Waals surface area contributed by atoms with E-state index in [4.69, 9.17) is 16.3 Å². The lowest BCUT2D eigenvalue weighted by atomic mass is 10.1. The Labute approximate surface area is 188 Å². The molecule has 162 valence electrons. The van der Waals surface area contributed by atoms with Crippen LogP contribution >= 0.6 is 11.6 Å². The number of aromatic carboxylic acids is 1. The quantitative estimate of drug-likeness (QED) is 0.355. The Balaban J connectivity index is 1.77. The molecule has 0 fully saturated rings. The van der Waals surface area contributed by atoms with Gasteiger partial charge < -0.3 is 14.4 Å². The number of nitrogens with zero attached hydrogens (tertiary/aromatic N) is 1. The van der Waals surface area contributed by atoms with E-state index in [2.05, 4.69) is 0 Å². The van der Waals surface area contributed by atoms with E-state index in [1.807, 2.05) is 23.6 Å². The molecule has 4 rings (SSSR count). The molecule has 0 unspecified atom stereocenters. The van der Waals surface area contributed by atoms with Gasteiger partial charge in [0.15, 0.2) is 0 Å². The summed E-state index contributed by atoms with van der Waals surface area (Å²) in [5, 5.41) is 9.56. The summed E-state index contributed by atoms with van der Waals surface area (Å²) in [5.41, 5.74) is 3.22. The Morgan fingerprint density at radius 3 is 2.41 bits per heavy atom. The number of hydrogen-bond donors (Lipinski definition) is 1. The van der Waals surface area contributed by atoms with Crippen LogP contribution in [0.25, 0.3) is 16.9 Å². The third-order valence-corrected chi connectivity index (χ3v) is 5.37. The monoisotopic (exact) mass is 453 g/mol. The van der Waals surface area contributed by atoms with Crippen molar-refractivity contribution in [2.45, 2.75) is 13.5 Å². The van der Waals surface area contributed by atoms with Gasteiger partial charge in [-0.05, 0) is 73.2 Å². The molecule has 0 aliphatic rings. The van der Waals surface area contributed by atoms with Gasteiger partial charge in [-0.1, -0.05) is 23.7 Å². The topological polar surface area (TPSA) is 51.5 Å². The van der Waals surface area contributed by atoms with Crippen molar-refractivity contribution >= 4 is 17.6 Å². The van der Waals surface area contributed by atoms with Crippen molar-refractivity contribution in [2.24, 2.45) is 0 Å². The van der Waals surface area contributed by atoms with Gasteiger partial charge >= 0.3 is 5.97 Å². The van der Waals surface area contributed by atoms with Gasteiger partial charge in [-0.25, -0.2) is 13.6 Å². The average molecular weight is 454 g/mol. The number of benzene rings is 3. The highest BCUT2D eigenvalue weighted by Crippen LogP contribution is 2.35. The molecule has 0 atom stereocenters. The van der Waals surface area contributed by atoms with Crippen LogP contribution < -0.4 is 4.74 Å². The molecule has 0 aliphatic heterocycles. The number of hydrogen-bond acceptors (Lipinski definition) is 2. The maximum absolute atomic E-state index is 14.2. The van der Waals surface area contributed by atoms with E-state index < -0.39 is 11.8 Å². The maximum Gasteiger partial charge on any atom is 0.337 e. The zero-order valence-electron chi connectivity index (χ0n) is 17.0. The molecule has 0 saturated carbocycles. The van der Waals surface area contributed by atoms with Crippen molar-refractivity contribution in [3.63, 3.8) is 0 Å². The third kappa shape index (κ3) is 4.36. The van der Waals surface area contributed by atoms with Crippen LogP contribution in [0.3, 0.4) is 0 Å². The van der Waals surface area contributed by atoms with Gasteiger partial charge in [0.2, 0.25) is 0 Å². The minimum absolute atomic E-state index is 0.0322. The highest BCUT2D eigenvalue weighted by Gasteiger charge is 2.17. The molecule has 0 saturated heterocycles. The van der Waals surface area contributed by atoms with Crippen LogP contribution in [0.2, 0.25) is 5.02 Å². The third-order valence-electron chi connectivity index (χ3n) is 5.04. The largest absolute Gasteiger partial charge is 0.488 e. The Kier molecular flexibility index (Phi) is 5.97. The van der Waals surface area contributed by atoms with Crippen molar-refractivity contribution in [1.29, 1.82) is 0 Å². The van der Waals surface area contributed by atoms with Crippen LogP contribution in [-0.4, -0.2) is 15.6 Å². The molecular weight excluding hydrogens is 436 g/mol. The van der Waals surface area contributed by atoms with Gasteiger partial charge in [0.05, 0.1) is 16.3 Å². The summed E-state index contributed by atoms with van der Waals surface area (Å²) in [7, 11) is 0. The molecule has 1 heterocycles. The molecule has 1 N–H and O–H groups in total. The van der Waals surface area contributed by atoms with Gasteiger partial charge in [-0.2, -0.15) is 0 Å². The predicted molar refractivity (Wildman–Crippen MR) is 119 cm³/mol. The number of halogens is 3. The smallest absolute Gasteiger partial charge is 0.337 e. The molecule has 0 spiro atoms. The van der Waals surface area contributed by atoms with Crippen LogP contribution in [0.15, 0.2) is 72.8 Å². The summed E-state index contributed by atoms with van der Waals surface area (Å²) in [5.74, 6) is -1.49. The summed E-state index contributed by atoms with van der Waals surface area (Å²) in [6.45, 7) is 2.03. The summed E-state index contributed by atoms with van der Waals surface area (Å²) in [6, 6.07) is 18.5. The van der Waals surface area contributed by atoms with Crippen molar-refractivity contribution in [3.8, 4) is 22.7 Å². The molecule has 0 radical (unpaired) electrons. The van der Waals surface area contributed by atoms with E-state index in [-0.39, 0.29) is 23.0 Å². The number of carboxylic acid groups (broad SMARTS) is 1. The van der Waals surface area contributed by atoms with Crippen LogP contribution in [0.1, 0.15) is 21.6 Å². The number of aryl methyl sites for hydroxylation is 1. The van der Waals surface area contributed by atoms with E-state index in [1.165, 1.54) is 42.5 Å². The molecule has 4 aromatic rings. The first kappa shape index (κ1) is 21.6. The van der Waals surface area contributed by atoms with E-state index in [1.54, 1.807) is 18.2 Å². The Hall–Kier alpha value is -3.64. The van der Waals surface area contributed by atoms with Gasteiger partial charge in [-0.15, -0.1) is 0 Å². The van der Waals surface area contributed by atoms with Crippen molar-refractivity contribution < 1.29 is 23.4 Å². The Bertz CT molecular complexity index is 1300. The van der Waals surface area contributed by atoms with E-state index in [9.17, 15) is 18.7 Å². The molecule has 0 amide bonds. The second-order valence-electron chi connectivity index (χ2n) is 7.22. The average Bonchev–Trinajstić information content (AvgIpc) is 3.15. The van der Waals surface area contributed by atoms with Crippen LogP contribution in [-0.2, 0) is 6.61 Å². The summed E-state index contributed by atoms with van der Waals surface area (Å²) in [6.07, 6.45) is 0. The molecule has 7 heteroatoms. The fraction of sp³-hybridized carbons (Fsp3) is 0.0800. The fourth-order valence-corrected chi connectivity index (χ4v) is 3.68. The first-order valence-electron chi connectivity index (χ1n) is 9.72. The Morgan fingerprint density at radius 2 is 1.69 bits per heavy atom. The van der Waals surface area contributed by atoms with Crippen LogP contribution in [0, 0.1) is 18.6 Å². The second-order valence-corrected chi connectivity index (χ2v) is 7.63. The van der Waals surface area contributed by atoms with Crippen molar-refractivity contribution in [3.05, 3.63) is 106 Å². The zero-order chi connectivity index (χ0) is 22.8. The fourth-order valence-electron chi connectivity index (χ4n) is 3.48. The van der Waals surface area contributed by atoms with E-state index in [0.717, 1.165) is 11.3 Å². The zero-order valence-corrected chi connectivity index (χ0v) is 17.7. The molecule has 0 bridgehead atoms. The number of carbonyl (C=O) groups is 1. The predicted octanol–water partition coefficient (Wildman–Crippen LogP) is 6.66. The SMILES string of the molecule is Cc1ccc(-c2cc(F)ccc2OCc2ccc(F)cc2)n1-c1ccc(Cl)c(C(=O)O)c1. The highest BCUT2D eigenvalue weighted by molar-refractivity contribution is 6.33. The van der Waals surface area contributed by atoms with Crippen LogP contribution in [0.4, 0.5) is 8.78 Å². The van der Waals surface area contributed by atoms with Gasteiger partial charge in [0, 0.05) is 16.9 Å². The summed E-state index contributed by atoms with van der Waals surface area (Å²) in [4.78, 5) is 11.5. The minimum Gasteiger partial charge on any atom is -0.488 e. The minimum atomic E-state index is -1.14. The number of aromatic nitrogens is 1. The summed E-state index contributed by atoms with van der Waals surface area (Å²) < 4.78 is 35.1. The molecule has 3 aromatic carbocycles. The lowest BCUT2D eigenvalue weighted by molar-refractivity contribution is 0.0697. The Morgan fingerprint density at radius 1 is 0.969 bits per heavy atom. The number of rotatable bonds is 6. The van der Waals surface area contributed by atoms with Crippen molar-refractivity contribution in [1.82, 2.24) is 4.57 Å². The molecule has 1 aromatic heterocycles. The molecule has 32 heavy (non-hydrogen) atoms. The number of ether oxygens (including phenoxy) is 1. The van der Waals surface area contributed by atoms with Gasteiger partial charge in [0.1, 0.15) is 24.0 Å². The van der Waals surface area contributed by atoms with E-state index >= 15 is 0 Å². The maximum atomic E-state index is 14.2. The van der Waals surface area contributed by atoms with Gasteiger partial charge in [0.25, 0.3) is 0 Å². The normalized spacial score (nSPS) is 10.9.